The lowest BCUT2D eigenvalue weighted by Gasteiger charge is -2.16. The van der Waals surface area contributed by atoms with Gasteiger partial charge in [0.2, 0.25) is 0 Å². The van der Waals surface area contributed by atoms with Crippen LogP contribution in [-0.4, -0.2) is 48.6 Å². The number of carboxylic acid groups (broad SMARTS) is 1. The minimum absolute atomic E-state index is 0.0937. The molecule has 2 heterocycles. The Kier molecular flexibility index (Phi) is 6.20. The Balaban J connectivity index is 1.93. The first-order valence-corrected chi connectivity index (χ1v) is 8.62. The Morgan fingerprint density at radius 3 is 2.47 bits per heavy atom. The molecule has 0 aliphatic heterocycles. The van der Waals surface area contributed by atoms with Gasteiger partial charge in [-0.3, -0.25) is 9.59 Å². The molecular formula is C19H15F2N5O4. The van der Waals surface area contributed by atoms with Gasteiger partial charge in [0.25, 0.3) is 11.7 Å². The highest BCUT2D eigenvalue weighted by Gasteiger charge is 2.29. The Morgan fingerprint density at radius 1 is 1.13 bits per heavy atom. The lowest BCUT2D eigenvalue weighted by molar-refractivity contribution is -0.149. The van der Waals surface area contributed by atoms with Gasteiger partial charge in [-0.1, -0.05) is 30.3 Å². The molecule has 0 aliphatic carbocycles. The topological polar surface area (TPSA) is 127 Å². The SMILES string of the molecule is O=C(O)C(=O)C(Cc1ccccc1)NC(=O)c1cn(C(F)F)nc1-c1ccncn1. The number of ketones is 1. The summed E-state index contributed by atoms with van der Waals surface area (Å²) in [7, 11) is 0. The normalized spacial score (nSPS) is 11.8. The fraction of sp³-hybridized carbons (Fsp3) is 0.158. The molecule has 1 atom stereocenters. The number of alkyl halides is 2. The Hall–Kier alpha value is -4.02. The van der Waals surface area contributed by atoms with Crippen molar-refractivity contribution in [1.29, 1.82) is 0 Å². The maximum Gasteiger partial charge on any atom is 0.374 e. The number of hydrogen-bond donors (Lipinski definition) is 2. The first kappa shape index (κ1) is 20.7. The second-order valence-corrected chi connectivity index (χ2v) is 6.13. The number of halogens is 2. The van der Waals surface area contributed by atoms with Crippen LogP contribution in [-0.2, 0) is 16.0 Å². The number of hydrogen-bond acceptors (Lipinski definition) is 6. The van der Waals surface area contributed by atoms with Gasteiger partial charge in [-0.05, 0) is 11.6 Å². The number of benzene rings is 1. The molecule has 0 fully saturated rings. The highest BCUT2D eigenvalue weighted by molar-refractivity contribution is 6.35. The van der Waals surface area contributed by atoms with Gasteiger partial charge in [-0.2, -0.15) is 13.9 Å². The molecule has 1 unspecified atom stereocenters. The van der Waals surface area contributed by atoms with E-state index in [-0.39, 0.29) is 28.1 Å². The van der Waals surface area contributed by atoms with Crippen molar-refractivity contribution < 1.29 is 28.3 Å². The third kappa shape index (κ3) is 4.69. The summed E-state index contributed by atoms with van der Waals surface area (Å²) in [5, 5.41) is 15.1. The fourth-order valence-electron chi connectivity index (χ4n) is 2.72. The van der Waals surface area contributed by atoms with Crippen molar-refractivity contribution in [3.63, 3.8) is 0 Å². The van der Waals surface area contributed by atoms with E-state index in [1.165, 1.54) is 12.3 Å². The zero-order valence-corrected chi connectivity index (χ0v) is 15.3. The monoisotopic (exact) mass is 415 g/mol. The summed E-state index contributed by atoms with van der Waals surface area (Å²) in [6, 6.07) is 8.41. The highest BCUT2D eigenvalue weighted by Crippen LogP contribution is 2.22. The van der Waals surface area contributed by atoms with Gasteiger partial charge in [-0.25, -0.2) is 19.4 Å². The van der Waals surface area contributed by atoms with E-state index in [1.54, 1.807) is 30.3 Å². The molecule has 9 nitrogen and oxygen atoms in total. The van der Waals surface area contributed by atoms with Crippen molar-refractivity contribution in [2.45, 2.75) is 19.0 Å². The molecule has 1 amide bonds. The second kappa shape index (κ2) is 8.99. The average molecular weight is 415 g/mol. The lowest BCUT2D eigenvalue weighted by atomic mass is 10.0. The highest BCUT2D eigenvalue weighted by atomic mass is 19.3. The number of aromatic nitrogens is 4. The average Bonchev–Trinajstić information content (AvgIpc) is 3.20. The third-order valence-corrected chi connectivity index (χ3v) is 4.12. The molecule has 154 valence electrons. The van der Waals surface area contributed by atoms with Gasteiger partial charge in [0, 0.05) is 18.8 Å². The minimum Gasteiger partial charge on any atom is -0.475 e. The minimum atomic E-state index is -3.02. The van der Waals surface area contributed by atoms with Crippen LogP contribution >= 0.6 is 0 Å². The molecule has 0 spiro atoms. The molecular weight excluding hydrogens is 400 g/mol. The molecule has 1 aromatic carbocycles. The molecule has 0 aliphatic rings. The Labute approximate surface area is 168 Å². The second-order valence-electron chi connectivity index (χ2n) is 6.13. The van der Waals surface area contributed by atoms with E-state index in [2.05, 4.69) is 20.4 Å². The van der Waals surface area contributed by atoms with Crippen molar-refractivity contribution in [2.24, 2.45) is 0 Å². The molecule has 3 aromatic rings. The number of rotatable bonds is 8. The summed E-state index contributed by atoms with van der Waals surface area (Å²) < 4.78 is 26.5. The number of nitrogens with one attached hydrogen (secondary N) is 1. The summed E-state index contributed by atoms with van der Waals surface area (Å²) in [5.74, 6) is -3.90. The van der Waals surface area contributed by atoms with Gasteiger partial charge in [0.05, 0.1) is 11.3 Å². The van der Waals surface area contributed by atoms with Crippen molar-refractivity contribution in [3.8, 4) is 11.4 Å². The number of amides is 1. The van der Waals surface area contributed by atoms with Crippen molar-refractivity contribution in [2.75, 3.05) is 0 Å². The zero-order chi connectivity index (χ0) is 21.7. The number of carbonyl (C=O) groups excluding carboxylic acids is 2. The van der Waals surface area contributed by atoms with Crippen LogP contribution in [0.25, 0.3) is 11.4 Å². The first-order chi connectivity index (χ1) is 14.4. The van der Waals surface area contributed by atoms with E-state index >= 15 is 0 Å². The van der Waals surface area contributed by atoms with E-state index in [0.717, 1.165) is 12.5 Å². The third-order valence-electron chi connectivity index (χ3n) is 4.12. The molecule has 11 heteroatoms. The number of carbonyl (C=O) groups is 3. The maximum atomic E-state index is 13.1. The molecule has 0 bridgehead atoms. The molecule has 2 N–H and O–H groups in total. The smallest absolute Gasteiger partial charge is 0.374 e. The Morgan fingerprint density at radius 2 is 1.87 bits per heavy atom. The summed E-state index contributed by atoms with van der Waals surface area (Å²) in [5.41, 5.74) is 0.275. The van der Waals surface area contributed by atoms with E-state index in [9.17, 15) is 23.2 Å². The van der Waals surface area contributed by atoms with Crippen LogP contribution in [0.5, 0.6) is 0 Å². The van der Waals surface area contributed by atoms with E-state index in [1.807, 2.05) is 0 Å². The van der Waals surface area contributed by atoms with E-state index in [4.69, 9.17) is 5.11 Å². The first-order valence-electron chi connectivity index (χ1n) is 8.62. The summed E-state index contributed by atoms with van der Waals surface area (Å²) in [6.45, 7) is -3.02. The van der Waals surface area contributed by atoms with Crippen LogP contribution in [0, 0.1) is 0 Å². The summed E-state index contributed by atoms with van der Waals surface area (Å²) in [4.78, 5) is 43.7. The van der Waals surface area contributed by atoms with Crippen LogP contribution in [0.2, 0.25) is 0 Å². The van der Waals surface area contributed by atoms with Crippen LogP contribution in [0.4, 0.5) is 8.78 Å². The Bertz CT molecular complexity index is 1060. The molecule has 2 aromatic heterocycles. The fourth-order valence-corrected chi connectivity index (χ4v) is 2.72. The summed E-state index contributed by atoms with van der Waals surface area (Å²) >= 11 is 0. The molecule has 0 saturated heterocycles. The molecule has 0 saturated carbocycles. The van der Waals surface area contributed by atoms with E-state index in [0.29, 0.717) is 5.56 Å². The molecule has 0 radical (unpaired) electrons. The van der Waals surface area contributed by atoms with Crippen LogP contribution in [0.15, 0.2) is 55.1 Å². The number of aliphatic carboxylic acids is 1. The number of nitrogens with zero attached hydrogens (tertiary/aromatic N) is 4. The van der Waals surface area contributed by atoms with Crippen molar-refractivity contribution >= 4 is 17.7 Å². The predicted molar refractivity (Wildman–Crippen MR) is 98.5 cm³/mol. The van der Waals surface area contributed by atoms with E-state index < -0.39 is 30.3 Å². The van der Waals surface area contributed by atoms with Gasteiger partial charge in [0.15, 0.2) is 0 Å². The quantitative estimate of drug-likeness (QED) is 0.537. The van der Waals surface area contributed by atoms with Crippen LogP contribution < -0.4 is 5.32 Å². The predicted octanol–water partition coefficient (Wildman–Crippen LogP) is 1.73. The standard InChI is InChI=1S/C19H15F2N5O4/c20-19(21)26-9-12(15(25-26)13-6-7-22-10-23-13)17(28)24-14(16(27)18(29)30)8-11-4-2-1-3-5-11/h1-7,9-10,14,19H,8H2,(H,24,28)(H,29,30). The van der Waals surface area contributed by atoms with Gasteiger partial charge in [0.1, 0.15) is 18.1 Å². The summed E-state index contributed by atoms with van der Waals surface area (Å²) in [6.07, 6.45) is 3.22. The van der Waals surface area contributed by atoms with Gasteiger partial charge >= 0.3 is 12.5 Å². The van der Waals surface area contributed by atoms with Crippen molar-refractivity contribution in [3.05, 3.63) is 66.2 Å². The maximum absolute atomic E-state index is 13.1. The van der Waals surface area contributed by atoms with Crippen molar-refractivity contribution in [1.82, 2.24) is 25.1 Å². The number of carboxylic acids is 1. The number of Topliss-reactive ketones (excluding diaryl/α,β-unsaturated/α-hetero) is 1. The zero-order valence-electron chi connectivity index (χ0n) is 15.3. The van der Waals surface area contributed by atoms with Gasteiger partial charge in [-0.15, -0.1) is 0 Å². The lowest BCUT2D eigenvalue weighted by Crippen LogP contribution is -2.45. The molecule has 30 heavy (non-hydrogen) atoms. The molecule has 3 rings (SSSR count). The van der Waals surface area contributed by atoms with Crippen LogP contribution in [0.1, 0.15) is 22.5 Å². The van der Waals surface area contributed by atoms with Crippen LogP contribution in [0.3, 0.4) is 0 Å². The largest absolute Gasteiger partial charge is 0.475 e. The van der Waals surface area contributed by atoms with Gasteiger partial charge < -0.3 is 10.4 Å².